The lowest BCUT2D eigenvalue weighted by Gasteiger charge is -2.23. The highest BCUT2D eigenvalue weighted by atomic mass is 15.3. The average molecular weight is 284 g/mol. The van der Waals surface area contributed by atoms with Crippen LogP contribution in [-0.4, -0.2) is 27.9 Å². The molecule has 1 saturated heterocycles. The third kappa shape index (κ3) is 3.32. The second-order valence-corrected chi connectivity index (χ2v) is 5.85. The van der Waals surface area contributed by atoms with Gasteiger partial charge in [-0.2, -0.15) is 5.10 Å². The predicted molar refractivity (Wildman–Crippen MR) is 85.0 cm³/mol. The van der Waals surface area contributed by atoms with Crippen LogP contribution in [-0.2, 0) is 13.0 Å². The van der Waals surface area contributed by atoms with E-state index in [4.69, 9.17) is 0 Å². The maximum absolute atomic E-state index is 4.65. The van der Waals surface area contributed by atoms with Crippen molar-refractivity contribution in [1.29, 1.82) is 0 Å². The first kappa shape index (κ1) is 14.3. The van der Waals surface area contributed by atoms with Gasteiger partial charge in [0.15, 0.2) is 0 Å². The molecular weight excluding hydrogens is 260 g/mol. The third-order valence-electron chi connectivity index (χ3n) is 4.25. The summed E-state index contributed by atoms with van der Waals surface area (Å²) in [6, 6.07) is 6.37. The minimum atomic E-state index is 0.775. The number of pyridine rings is 1. The Morgan fingerprint density at radius 3 is 2.90 bits per heavy atom. The molecule has 1 aliphatic heterocycles. The molecule has 1 fully saturated rings. The van der Waals surface area contributed by atoms with Gasteiger partial charge in [-0.1, -0.05) is 13.0 Å². The Balaban J connectivity index is 1.86. The Bertz CT molecular complexity index is 570. The molecule has 3 heterocycles. The number of aromatic nitrogens is 3. The molecule has 0 spiro atoms. The molecule has 1 N–H and O–H groups in total. The molecule has 2 aromatic rings. The van der Waals surface area contributed by atoms with E-state index >= 15 is 0 Å². The lowest BCUT2D eigenvalue weighted by molar-refractivity contribution is 0.372. The van der Waals surface area contributed by atoms with Gasteiger partial charge in [0, 0.05) is 18.9 Å². The summed E-state index contributed by atoms with van der Waals surface area (Å²) in [6.07, 6.45) is 8.52. The van der Waals surface area contributed by atoms with Gasteiger partial charge in [0.1, 0.15) is 0 Å². The zero-order valence-electron chi connectivity index (χ0n) is 12.8. The summed E-state index contributed by atoms with van der Waals surface area (Å²) in [5, 5.41) is 7.88. The number of nitrogens with zero attached hydrogens (tertiary/aromatic N) is 3. The first-order chi connectivity index (χ1) is 10.4. The van der Waals surface area contributed by atoms with Gasteiger partial charge in [0.05, 0.1) is 11.4 Å². The summed E-state index contributed by atoms with van der Waals surface area (Å²) in [6.45, 7) is 5.42. The predicted octanol–water partition coefficient (Wildman–Crippen LogP) is 2.90. The van der Waals surface area contributed by atoms with E-state index in [-0.39, 0.29) is 0 Å². The van der Waals surface area contributed by atoms with E-state index in [9.17, 15) is 0 Å². The molecule has 0 aliphatic carbocycles. The minimum Gasteiger partial charge on any atom is -0.317 e. The molecule has 0 bridgehead atoms. The van der Waals surface area contributed by atoms with E-state index in [2.05, 4.69) is 45.2 Å². The van der Waals surface area contributed by atoms with Crippen molar-refractivity contribution in [1.82, 2.24) is 20.1 Å². The van der Waals surface area contributed by atoms with E-state index in [0.717, 1.165) is 49.8 Å². The van der Waals surface area contributed by atoms with Crippen molar-refractivity contribution in [2.45, 2.75) is 39.2 Å². The topological polar surface area (TPSA) is 42.7 Å². The molecule has 1 aliphatic rings. The summed E-state index contributed by atoms with van der Waals surface area (Å²) < 4.78 is 2.08. The average Bonchev–Trinajstić information content (AvgIpc) is 2.97. The highest BCUT2D eigenvalue weighted by Gasteiger charge is 2.17. The molecule has 0 unspecified atom stereocenters. The van der Waals surface area contributed by atoms with Crippen molar-refractivity contribution in [3.63, 3.8) is 0 Å². The van der Waals surface area contributed by atoms with Gasteiger partial charge in [0.2, 0.25) is 0 Å². The zero-order valence-corrected chi connectivity index (χ0v) is 12.8. The van der Waals surface area contributed by atoms with Crippen molar-refractivity contribution < 1.29 is 0 Å². The van der Waals surface area contributed by atoms with Gasteiger partial charge in [-0.15, -0.1) is 0 Å². The molecule has 112 valence electrons. The summed E-state index contributed by atoms with van der Waals surface area (Å²) in [5.41, 5.74) is 3.63. The van der Waals surface area contributed by atoms with Crippen LogP contribution in [0.4, 0.5) is 0 Å². The maximum Gasteiger partial charge on any atom is 0.0914 e. The van der Waals surface area contributed by atoms with Crippen molar-refractivity contribution in [3.8, 4) is 11.4 Å². The molecule has 4 heteroatoms. The minimum absolute atomic E-state index is 0.775. The van der Waals surface area contributed by atoms with Gasteiger partial charge in [-0.05, 0) is 62.4 Å². The van der Waals surface area contributed by atoms with Gasteiger partial charge in [-0.3, -0.25) is 9.67 Å². The number of hydrogen-bond acceptors (Lipinski definition) is 3. The first-order valence-electron chi connectivity index (χ1n) is 8.05. The molecular formula is C17H24N4. The van der Waals surface area contributed by atoms with E-state index < -0.39 is 0 Å². The Morgan fingerprint density at radius 2 is 2.10 bits per heavy atom. The molecule has 0 radical (unpaired) electrons. The van der Waals surface area contributed by atoms with Crippen LogP contribution in [0.3, 0.4) is 0 Å². The monoisotopic (exact) mass is 284 g/mol. The number of rotatable bonds is 5. The lowest BCUT2D eigenvalue weighted by atomic mass is 9.90. The highest BCUT2D eigenvalue weighted by molar-refractivity contribution is 5.58. The fourth-order valence-corrected chi connectivity index (χ4v) is 3.15. The second-order valence-electron chi connectivity index (χ2n) is 5.85. The van der Waals surface area contributed by atoms with E-state index in [1.807, 2.05) is 12.4 Å². The van der Waals surface area contributed by atoms with Crippen LogP contribution < -0.4 is 5.32 Å². The SMILES string of the molecule is CCCn1nccc1-c1ncccc1CC1CCNCC1. The summed E-state index contributed by atoms with van der Waals surface area (Å²) >= 11 is 0. The van der Waals surface area contributed by atoms with E-state index in [1.165, 1.54) is 18.4 Å². The van der Waals surface area contributed by atoms with Crippen LogP contribution in [0.5, 0.6) is 0 Å². The number of nitrogens with one attached hydrogen (secondary N) is 1. The highest BCUT2D eigenvalue weighted by Crippen LogP contribution is 2.26. The van der Waals surface area contributed by atoms with Crippen molar-refractivity contribution in [2.24, 2.45) is 5.92 Å². The molecule has 0 saturated carbocycles. The Labute approximate surface area is 126 Å². The van der Waals surface area contributed by atoms with Crippen LogP contribution in [0.2, 0.25) is 0 Å². The van der Waals surface area contributed by atoms with Crippen LogP contribution in [0.25, 0.3) is 11.4 Å². The molecule has 3 rings (SSSR count). The molecule has 2 aromatic heterocycles. The van der Waals surface area contributed by atoms with Crippen molar-refractivity contribution in [3.05, 3.63) is 36.2 Å². The zero-order chi connectivity index (χ0) is 14.5. The molecule has 4 nitrogen and oxygen atoms in total. The fraction of sp³-hybridized carbons (Fsp3) is 0.529. The van der Waals surface area contributed by atoms with Crippen molar-refractivity contribution >= 4 is 0 Å². The quantitative estimate of drug-likeness (QED) is 0.918. The Morgan fingerprint density at radius 1 is 1.24 bits per heavy atom. The largest absolute Gasteiger partial charge is 0.317 e. The van der Waals surface area contributed by atoms with Crippen molar-refractivity contribution in [2.75, 3.05) is 13.1 Å². The van der Waals surface area contributed by atoms with E-state index in [0.29, 0.717) is 0 Å². The Kier molecular flexibility index (Phi) is 4.65. The molecule has 0 atom stereocenters. The summed E-state index contributed by atoms with van der Waals surface area (Å²) in [7, 11) is 0. The van der Waals surface area contributed by atoms with Gasteiger partial charge < -0.3 is 5.32 Å². The molecule has 0 aromatic carbocycles. The second kappa shape index (κ2) is 6.85. The standard InChI is InChI=1S/C17H24N4/c1-2-12-21-16(7-11-20-21)17-15(4-3-8-19-17)13-14-5-9-18-10-6-14/h3-4,7-8,11,14,18H,2,5-6,9-10,12-13H2,1H3. The Hall–Kier alpha value is -1.68. The van der Waals surface area contributed by atoms with Gasteiger partial charge in [0.25, 0.3) is 0 Å². The number of piperidine rings is 1. The third-order valence-corrected chi connectivity index (χ3v) is 4.25. The van der Waals surface area contributed by atoms with Crippen LogP contribution in [0, 0.1) is 5.92 Å². The van der Waals surface area contributed by atoms with Crippen LogP contribution in [0.1, 0.15) is 31.7 Å². The number of hydrogen-bond donors (Lipinski definition) is 1. The fourth-order valence-electron chi connectivity index (χ4n) is 3.15. The van der Waals surface area contributed by atoms with Gasteiger partial charge >= 0.3 is 0 Å². The molecule has 0 amide bonds. The van der Waals surface area contributed by atoms with E-state index in [1.54, 1.807) is 0 Å². The summed E-state index contributed by atoms with van der Waals surface area (Å²) in [5.74, 6) is 0.775. The van der Waals surface area contributed by atoms with Crippen LogP contribution in [0.15, 0.2) is 30.6 Å². The summed E-state index contributed by atoms with van der Waals surface area (Å²) in [4.78, 5) is 4.65. The molecule has 21 heavy (non-hydrogen) atoms. The lowest BCUT2D eigenvalue weighted by Crippen LogP contribution is -2.28. The first-order valence-corrected chi connectivity index (χ1v) is 8.05. The smallest absolute Gasteiger partial charge is 0.0914 e. The normalized spacial score (nSPS) is 16.2. The van der Waals surface area contributed by atoms with Gasteiger partial charge in [-0.25, -0.2) is 0 Å². The number of aryl methyl sites for hydroxylation is 1. The van der Waals surface area contributed by atoms with Crippen LogP contribution >= 0.6 is 0 Å². The maximum atomic E-state index is 4.65.